The number of rotatable bonds is 10. The van der Waals surface area contributed by atoms with Gasteiger partial charge in [0.2, 0.25) is 5.91 Å². The zero-order valence-corrected chi connectivity index (χ0v) is 23.4. The highest BCUT2D eigenvalue weighted by atomic mass is 35.5. The molecular formula is C28H33Cl2NO5S. The van der Waals surface area contributed by atoms with Crippen LogP contribution in [0.5, 0.6) is 0 Å². The number of likely N-dealkylation sites (tertiary alicyclic amines) is 1. The third-order valence-electron chi connectivity index (χ3n) is 7.63. The van der Waals surface area contributed by atoms with Crippen LogP contribution in [0.3, 0.4) is 0 Å². The molecule has 0 radical (unpaired) electrons. The van der Waals surface area contributed by atoms with Gasteiger partial charge in [-0.25, -0.2) is 8.42 Å². The monoisotopic (exact) mass is 565 g/mol. The van der Waals surface area contributed by atoms with Crippen LogP contribution < -0.4 is 0 Å². The second kappa shape index (κ2) is 11.0. The summed E-state index contributed by atoms with van der Waals surface area (Å²) in [5, 5.41) is 10.8. The number of hydrogen-bond donors (Lipinski definition) is 1. The van der Waals surface area contributed by atoms with Gasteiger partial charge in [-0.2, -0.15) is 0 Å². The molecule has 9 heteroatoms. The molecule has 0 aromatic heterocycles. The zero-order valence-electron chi connectivity index (χ0n) is 21.1. The van der Waals surface area contributed by atoms with Crippen molar-refractivity contribution in [1.82, 2.24) is 4.90 Å². The van der Waals surface area contributed by atoms with Crippen molar-refractivity contribution in [3.05, 3.63) is 69.7 Å². The summed E-state index contributed by atoms with van der Waals surface area (Å²) in [6.45, 7) is 3.55. The summed E-state index contributed by atoms with van der Waals surface area (Å²) >= 11 is 12.5. The normalized spacial score (nSPS) is 25.2. The molecule has 1 saturated carbocycles. The summed E-state index contributed by atoms with van der Waals surface area (Å²) in [6.07, 6.45) is 2.19. The molecule has 1 heterocycles. The molecule has 1 saturated heterocycles. The number of amides is 1. The van der Waals surface area contributed by atoms with Crippen LogP contribution in [0, 0.1) is 11.3 Å². The topological polar surface area (TPSA) is 91.8 Å². The lowest BCUT2D eigenvalue weighted by molar-refractivity contribution is -0.160. The molecule has 2 aliphatic rings. The maximum absolute atomic E-state index is 14.2. The Morgan fingerprint density at radius 2 is 1.78 bits per heavy atom. The number of benzene rings is 2. The molecule has 0 bridgehead atoms. The third kappa shape index (κ3) is 6.50. The van der Waals surface area contributed by atoms with Gasteiger partial charge in [-0.15, -0.1) is 0 Å². The third-order valence-corrected chi connectivity index (χ3v) is 9.99. The van der Waals surface area contributed by atoms with E-state index < -0.39 is 33.3 Å². The number of aliphatic carboxylic acids is 1. The van der Waals surface area contributed by atoms with Gasteiger partial charge in [0.05, 0.1) is 29.4 Å². The Morgan fingerprint density at radius 3 is 2.35 bits per heavy atom. The Balaban J connectivity index is 1.86. The van der Waals surface area contributed by atoms with Gasteiger partial charge in [-0.3, -0.25) is 9.59 Å². The average molecular weight is 567 g/mol. The number of piperidine rings is 1. The number of halogens is 2. The van der Waals surface area contributed by atoms with E-state index in [0.717, 1.165) is 24.0 Å². The van der Waals surface area contributed by atoms with Crippen LogP contribution >= 0.6 is 23.2 Å². The molecule has 37 heavy (non-hydrogen) atoms. The summed E-state index contributed by atoms with van der Waals surface area (Å²) in [6, 6.07) is 13.5. The van der Waals surface area contributed by atoms with Gasteiger partial charge in [-0.05, 0) is 67.0 Å². The predicted molar refractivity (Wildman–Crippen MR) is 146 cm³/mol. The Hall–Kier alpha value is -2.09. The van der Waals surface area contributed by atoms with Gasteiger partial charge in [0.25, 0.3) is 0 Å². The lowest BCUT2D eigenvalue weighted by Crippen LogP contribution is -2.57. The lowest BCUT2D eigenvalue weighted by Gasteiger charge is -2.51. The van der Waals surface area contributed by atoms with Gasteiger partial charge < -0.3 is 10.0 Å². The summed E-state index contributed by atoms with van der Waals surface area (Å²) < 4.78 is 26.3. The molecule has 200 valence electrons. The second-order valence-corrected chi connectivity index (χ2v) is 13.8. The van der Waals surface area contributed by atoms with Crippen LogP contribution in [0.1, 0.15) is 69.0 Å². The standard InChI is InChI=1S/C28H33Cl2NO5S/c1-3-23(17-37(35,36)16-18-7-8-18)31-26(19-9-11-21(29)12-10-19)24(20-5-4-6-22(30)13-20)14-28(2,27(31)34)15-25(32)33/h4-6,9-13,18,23-24,26H,3,7-8,14-17H2,1-2H3,(H,32,33). The zero-order chi connectivity index (χ0) is 27.0. The molecule has 1 aliphatic carbocycles. The van der Waals surface area contributed by atoms with E-state index in [1.807, 2.05) is 37.3 Å². The number of carboxylic acid groups (broad SMARTS) is 1. The summed E-state index contributed by atoms with van der Waals surface area (Å²) in [4.78, 5) is 27.8. The Labute approximate surface area is 228 Å². The summed E-state index contributed by atoms with van der Waals surface area (Å²) in [7, 11) is -3.42. The highest BCUT2D eigenvalue weighted by Gasteiger charge is 2.52. The Morgan fingerprint density at radius 1 is 1.11 bits per heavy atom. The van der Waals surface area contributed by atoms with E-state index in [2.05, 4.69) is 0 Å². The van der Waals surface area contributed by atoms with E-state index in [0.29, 0.717) is 16.5 Å². The first-order valence-corrected chi connectivity index (χ1v) is 15.3. The van der Waals surface area contributed by atoms with Crippen molar-refractivity contribution in [2.45, 2.75) is 64.0 Å². The SMILES string of the molecule is CCC(CS(=O)(=O)CC1CC1)N1C(=O)C(C)(CC(=O)O)CC(c2cccc(Cl)c2)C1c1ccc(Cl)cc1. The lowest BCUT2D eigenvalue weighted by atomic mass is 9.67. The minimum Gasteiger partial charge on any atom is -0.481 e. The van der Waals surface area contributed by atoms with Crippen molar-refractivity contribution in [3.63, 3.8) is 0 Å². The van der Waals surface area contributed by atoms with E-state index in [4.69, 9.17) is 23.2 Å². The van der Waals surface area contributed by atoms with Crippen molar-refractivity contribution < 1.29 is 23.1 Å². The van der Waals surface area contributed by atoms with E-state index in [-0.39, 0.29) is 42.1 Å². The average Bonchev–Trinajstić information content (AvgIpc) is 3.62. The number of carbonyl (C=O) groups excluding carboxylic acids is 1. The van der Waals surface area contributed by atoms with Crippen LogP contribution in [0.2, 0.25) is 10.0 Å². The van der Waals surface area contributed by atoms with Crippen LogP contribution in [0.15, 0.2) is 48.5 Å². The van der Waals surface area contributed by atoms with E-state index in [9.17, 15) is 23.1 Å². The fraction of sp³-hybridized carbons (Fsp3) is 0.500. The molecule has 2 aromatic carbocycles. The van der Waals surface area contributed by atoms with Gasteiger partial charge in [0, 0.05) is 22.0 Å². The largest absolute Gasteiger partial charge is 0.481 e. The summed E-state index contributed by atoms with van der Waals surface area (Å²) in [5.74, 6) is -1.53. The highest BCUT2D eigenvalue weighted by molar-refractivity contribution is 7.91. The molecule has 6 nitrogen and oxygen atoms in total. The van der Waals surface area contributed by atoms with Gasteiger partial charge in [0.15, 0.2) is 9.84 Å². The molecule has 4 rings (SSSR count). The van der Waals surface area contributed by atoms with E-state index >= 15 is 0 Å². The molecule has 2 fully saturated rings. The predicted octanol–water partition coefficient (Wildman–Crippen LogP) is 6.14. The van der Waals surface area contributed by atoms with E-state index in [1.165, 1.54) is 0 Å². The number of hydrogen-bond acceptors (Lipinski definition) is 4. The number of sulfone groups is 1. The number of carbonyl (C=O) groups is 2. The number of carboxylic acids is 1. The quantitative estimate of drug-likeness (QED) is 0.373. The molecule has 0 spiro atoms. The van der Waals surface area contributed by atoms with Crippen LogP contribution in [-0.2, 0) is 19.4 Å². The molecule has 1 amide bonds. The van der Waals surface area contributed by atoms with Crippen molar-refractivity contribution in [2.24, 2.45) is 11.3 Å². The Bertz CT molecular complexity index is 1260. The van der Waals surface area contributed by atoms with Gasteiger partial charge in [-0.1, -0.05) is 61.3 Å². The van der Waals surface area contributed by atoms with Crippen LogP contribution in [0.25, 0.3) is 0 Å². The first kappa shape index (κ1) is 27.9. The fourth-order valence-electron chi connectivity index (χ4n) is 5.68. The maximum Gasteiger partial charge on any atom is 0.304 e. The minimum atomic E-state index is -3.42. The van der Waals surface area contributed by atoms with Crippen molar-refractivity contribution >= 4 is 44.9 Å². The van der Waals surface area contributed by atoms with Gasteiger partial charge in [0.1, 0.15) is 0 Å². The highest BCUT2D eigenvalue weighted by Crippen LogP contribution is 2.52. The first-order valence-electron chi connectivity index (χ1n) is 12.7. The summed E-state index contributed by atoms with van der Waals surface area (Å²) in [5.41, 5.74) is 0.477. The van der Waals surface area contributed by atoms with Crippen molar-refractivity contribution in [3.8, 4) is 0 Å². The smallest absolute Gasteiger partial charge is 0.304 e. The minimum absolute atomic E-state index is 0.126. The van der Waals surface area contributed by atoms with Crippen molar-refractivity contribution in [1.29, 1.82) is 0 Å². The van der Waals surface area contributed by atoms with Crippen LogP contribution in [-0.4, -0.2) is 47.8 Å². The molecule has 1 N–H and O–H groups in total. The molecule has 4 unspecified atom stereocenters. The molecule has 4 atom stereocenters. The first-order chi connectivity index (χ1) is 17.4. The fourth-order valence-corrected chi connectivity index (χ4v) is 8.18. The Kier molecular flexibility index (Phi) is 8.27. The number of nitrogens with zero attached hydrogens (tertiary/aromatic N) is 1. The molecule has 2 aromatic rings. The van der Waals surface area contributed by atoms with Crippen LogP contribution in [0.4, 0.5) is 0 Å². The van der Waals surface area contributed by atoms with Crippen molar-refractivity contribution in [2.75, 3.05) is 11.5 Å². The van der Waals surface area contributed by atoms with E-state index in [1.54, 1.807) is 30.0 Å². The molecular weight excluding hydrogens is 533 g/mol. The molecule has 1 aliphatic heterocycles. The maximum atomic E-state index is 14.2. The van der Waals surface area contributed by atoms with Gasteiger partial charge >= 0.3 is 5.97 Å². The second-order valence-electron chi connectivity index (χ2n) is 10.8.